The van der Waals surface area contributed by atoms with Crippen molar-refractivity contribution in [2.24, 2.45) is 12.0 Å². The maximum Gasteiger partial charge on any atom is 0.223 e. The van der Waals surface area contributed by atoms with Crippen LogP contribution in [-0.4, -0.2) is 21.9 Å². The van der Waals surface area contributed by atoms with Crippen molar-refractivity contribution in [3.8, 4) is 5.88 Å². The molecule has 1 aliphatic heterocycles. The molecule has 0 saturated carbocycles. The second kappa shape index (κ2) is 8.89. The normalized spacial score (nSPS) is 12.7. The molecule has 32 heavy (non-hydrogen) atoms. The summed E-state index contributed by atoms with van der Waals surface area (Å²) in [7, 11) is 1.85. The fraction of sp³-hybridized carbons (Fsp3) is 0.115. The number of benzene rings is 2. The number of carbonyl (C=O) groups is 1. The summed E-state index contributed by atoms with van der Waals surface area (Å²) in [5, 5.41) is 20.4. The maximum atomic E-state index is 10.6. The number of carboxylic acids is 1. The van der Waals surface area contributed by atoms with Crippen molar-refractivity contribution in [3.05, 3.63) is 95.8 Å². The minimum atomic E-state index is -1.08. The summed E-state index contributed by atoms with van der Waals surface area (Å²) in [5.41, 5.74) is 6.22. The summed E-state index contributed by atoms with van der Waals surface area (Å²) in [6, 6.07) is 24.5. The van der Waals surface area contributed by atoms with E-state index in [1.807, 2.05) is 49.7 Å². The zero-order valence-electron chi connectivity index (χ0n) is 17.9. The van der Waals surface area contributed by atoms with Gasteiger partial charge >= 0.3 is 0 Å². The van der Waals surface area contributed by atoms with Gasteiger partial charge < -0.3 is 19.6 Å². The number of carboxylic acid groups (broad SMARTS) is 1. The van der Waals surface area contributed by atoms with Crippen LogP contribution in [0, 0.1) is 0 Å². The van der Waals surface area contributed by atoms with Gasteiger partial charge in [0.2, 0.25) is 11.6 Å². The smallest absolute Gasteiger partial charge is 0.223 e. The summed E-state index contributed by atoms with van der Waals surface area (Å²) in [4.78, 5) is 13.6. The van der Waals surface area contributed by atoms with Gasteiger partial charge in [0.25, 0.3) is 0 Å². The molecule has 1 N–H and O–H groups in total. The van der Waals surface area contributed by atoms with Crippen LogP contribution < -0.4 is 9.67 Å². The number of allylic oxidation sites excluding steroid dienone is 1. The molecule has 3 heterocycles. The lowest BCUT2D eigenvalue weighted by atomic mass is 10.1. The zero-order chi connectivity index (χ0) is 22.7. The molecule has 4 aromatic rings. The van der Waals surface area contributed by atoms with Gasteiger partial charge in [0, 0.05) is 42.3 Å². The Bertz CT molecular complexity index is 1350. The highest BCUT2D eigenvalue weighted by Crippen LogP contribution is 2.37. The summed E-state index contributed by atoms with van der Waals surface area (Å²) in [6.07, 6.45) is 4.80. The average Bonchev–Trinajstić information content (AvgIpc) is 3.28. The lowest BCUT2D eigenvalue weighted by Crippen LogP contribution is -2.33. The minimum Gasteiger partial charge on any atom is -0.550 e. The number of rotatable bonds is 3. The Balaban J connectivity index is 0.000000567. The summed E-state index contributed by atoms with van der Waals surface area (Å²) < 4.78 is 3.99. The topological polar surface area (TPSA) is 81.5 Å². The Morgan fingerprint density at radius 1 is 1.06 bits per heavy atom. The van der Waals surface area contributed by atoms with Crippen molar-refractivity contribution in [1.82, 2.24) is 4.57 Å². The molecule has 2 aromatic heterocycles. The molecule has 6 heteroatoms. The molecule has 0 saturated heterocycles. The third-order valence-electron chi connectivity index (χ3n) is 5.31. The molecule has 1 aliphatic rings. The summed E-state index contributed by atoms with van der Waals surface area (Å²) in [6.45, 7) is 0.972. The number of nitrogens with zero attached hydrogens (tertiary/aromatic N) is 3. The van der Waals surface area contributed by atoms with Crippen LogP contribution in [0.4, 0.5) is 5.69 Å². The van der Waals surface area contributed by atoms with Crippen LogP contribution in [0.5, 0.6) is 5.88 Å². The molecule has 0 unspecified atom stereocenters. The van der Waals surface area contributed by atoms with E-state index in [9.17, 15) is 5.11 Å². The van der Waals surface area contributed by atoms with Gasteiger partial charge in [-0.1, -0.05) is 42.5 Å². The van der Waals surface area contributed by atoms with Crippen LogP contribution in [-0.2, 0) is 18.3 Å². The summed E-state index contributed by atoms with van der Waals surface area (Å²) in [5.74, 6) is -0.900. The van der Waals surface area contributed by atoms with Crippen molar-refractivity contribution >= 4 is 34.5 Å². The first-order chi connectivity index (χ1) is 15.5. The van der Waals surface area contributed by atoms with Crippen molar-refractivity contribution in [2.45, 2.75) is 13.3 Å². The predicted molar refractivity (Wildman–Crippen MR) is 123 cm³/mol. The number of aryl methyl sites for hydroxylation is 1. The van der Waals surface area contributed by atoms with Gasteiger partial charge in [-0.3, -0.25) is 0 Å². The highest BCUT2D eigenvalue weighted by atomic mass is 16.4. The SMILES string of the molecule is CC(=O)[O-].Cn1c(O)c(/N=C/C2=C(c3ccccc3)[n+]3ccccc3C2)c2ccccc21. The van der Waals surface area contributed by atoms with E-state index in [4.69, 9.17) is 14.9 Å². The van der Waals surface area contributed by atoms with Crippen molar-refractivity contribution in [2.75, 3.05) is 0 Å². The molecule has 0 bridgehead atoms. The number of aromatic nitrogens is 2. The Morgan fingerprint density at radius 3 is 2.47 bits per heavy atom. The largest absolute Gasteiger partial charge is 0.550 e. The lowest BCUT2D eigenvalue weighted by Gasteiger charge is -2.00. The molecule has 0 aliphatic carbocycles. The Morgan fingerprint density at radius 2 is 1.72 bits per heavy atom. The summed E-state index contributed by atoms with van der Waals surface area (Å²) >= 11 is 0. The van der Waals surface area contributed by atoms with E-state index in [-0.39, 0.29) is 5.88 Å². The van der Waals surface area contributed by atoms with Gasteiger partial charge in [-0.05, 0) is 25.1 Å². The molecule has 2 aromatic carbocycles. The molecule has 0 atom stereocenters. The fourth-order valence-corrected chi connectivity index (χ4v) is 3.93. The van der Waals surface area contributed by atoms with Gasteiger partial charge in [-0.2, -0.15) is 4.57 Å². The number of para-hydroxylation sites is 1. The quantitative estimate of drug-likeness (QED) is 0.404. The van der Waals surface area contributed by atoms with E-state index in [1.165, 1.54) is 5.69 Å². The highest BCUT2D eigenvalue weighted by molar-refractivity contribution is 5.99. The van der Waals surface area contributed by atoms with Crippen LogP contribution in [0.2, 0.25) is 0 Å². The third kappa shape index (κ3) is 4.03. The number of aromatic hydroxyl groups is 1. The number of pyridine rings is 1. The molecular weight excluding hydrogens is 402 g/mol. The monoisotopic (exact) mass is 425 g/mol. The van der Waals surface area contributed by atoms with E-state index >= 15 is 0 Å². The van der Waals surface area contributed by atoms with Gasteiger partial charge in [0.15, 0.2) is 11.9 Å². The highest BCUT2D eigenvalue weighted by Gasteiger charge is 2.30. The molecule has 160 valence electrons. The van der Waals surface area contributed by atoms with Gasteiger partial charge in [-0.15, -0.1) is 0 Å². The number of hydrogen-bond acceptors (Lipinski definition) is 4. The molecule has 0 radical (unpaired) electrons. The fourth-order valence-electron chi connectivity index (χ4n) is 3.93. The third-order valence-corrected chi connectivity index (χ3v) is 5.31. The zero-order valence-corrected chi connectivity index (χ0v) is 17.9. The van der Waals surface area contributed by atoms with Gasteiger partial charge in [-0.25, -0.2) is 4.99 Å². The molecular formula is C26H23N3O3. The minimum absolute atomic E-state index is 0.183. The van der Waals surface area contributed by atoms with Crippen LogP contribution >= 0.6 is 0 Å². The van der Waals surface area contributed by atoms with E-state index in [0.29, 0.717) is 5.69 Å². The number of carbonyl (C=O) groups excluding carboxylic acids is 1. The number of aliphatic imine (C=N–C) groups is 1. The average molecular weight is 425 g/mol. The van der Waals surface area contributed by atoms with Crippen LogP contribution in [0.1, 0.15) is 18.2 Å². The first-order valence-corrected chi connectivity index (χ1v) is 10.2. The second-order valence-corrected chi connectivity index (χ2v) is 7.48. The molecule has 0 fully saturated rings. The molecule has 0 spiro atoms. The van der Waals surface area contributed by atoms with Crippen molar-refractivity contribution < 1.29 is 19.6 Å². The molecule has 6 nitrogen and oxygen atoms in total. The van der Waals surface area contributed by atoms with Crippen molar-refractivity contribution in [3.63, 3.8) is 0 Å². The number of aliphatic carboxylic acids is 1. The van der Waals surface area contributed by atoms with E-state index < -0.39 is 5.97 Å². The van der Waals surface area contributed by atoms with Crippen LogP contribution in [0.3, 0.4) is 0 Å². The van der Waals surface area contributed by atoms with E-state index in [1.54, 1.807) is 4.57 Å². The van der Waals surface area contributed by atoms with Gasteiger partial charge in [0.1, 0.15) is 5.69 Å². The molecule has 0 amide bonds. The number of hydrogen-bond donors (Lipinski definition) is 1. The second-order valence-electron chi connectivity index (χ2n) is 7.48. The lowest BCUT2D eigenvalue weighted by molar-refractivity contribution is -0.582. The number of fused-ring (bicyclic) bond motifs is 2. The maximum absolute atomic E-state index is 10.6. The molecule has 5 rings (SSSR count). The van der Waals surface area contributed by atoms with E-state index in [2.05, 4.69) is 47.2 Å². The predicted octanol–water partition coefficient (Wildman–Crippen LogP) is 3.15. The van der Waals surface area contributed by atoms with E-state index in [0.717, 1.165) is 41.1 Å². The Hall–Kier alpha value is -4.19. The standard InChI is InChI=1S/C24H19N3O.C2H4O2/c1-26-21-13-6-5-12-20(21)22(24(26)28)25-16-18-15-19-11-7-8-14-27(19)23(18)17-9-3-2-4-10-17;1-2(3)4/h2-14,16H,15H2,1H3;1H3,(H,3,4)/b25-16+;. The van der Waals surface area contributed by atoms with Gasteiger partial charge in [0.05, 0.1) is 17.5 Å². The Kier molecular flexibility index (Phi) is 5.85. The first-order valence-electron chi connectivity index (χ1n) is 10.2. The Labute approximate surface area is 186 Å². The van der Waals surface area contributed by atoms with Crippen LogP contribution in [0.25, 0.3) is 16.6 Å². The van der Waals surface area contributed by atoms with Crippen LogP contribution in [0.15, 0.2) is 89.6 Å². The first kappa shape index (κ1) is 21.1. The van der Waals surface area contributed by atoms with Crippen molar-refractivity contribution in [1.29, 1.82) is 0 Å².